The summed E-state index contributed by atoms with van der Waals surface area (Å²) in [5.74, 6) is 0.901. The Bertz CT molecular complexity index is 468. The number of carbonyl (C=O) groups excluding carboxylic acids is 1. The van der Waals surface area contributed by atoms with Crippen LogP contribution in [0.15, 0.2) is 47.1 Å². The molecule has 1 heterocycles. The first-order valence-corrected chi connectivity index (χ1v) is 5.44. The minimum absolute atomic E-state index is 0.122. The van der Waals surface area contributed by atoms with Crippen LogP contribution in [0.2, 0.25) is 0 Å². The number of aryl methyl sites for hydroxylation is 1. The van der Waals surface area contributed by atoms with Crippen molar-refractivity contribution in [1.29, 1.82) is 0 Å². The predicted molar refractivity (Wildman–Crippen MR) is 62.6 cm³/mol. The fraction of sp³-hybridized carbons (Fsp3) is 0.214. The average molecular weight is 214 g/mol. The van der Waals surface area contributed by atoms with Crippen molar-refractivity contribution in [3.8, 4) is 0 Å². The summed E-state index contributed by atoms with van der Waals surface area (Å²) < 4.78 is 5.25. The third-order valence-electron chi connectivity index (χ3n) is 2.57. The molecule has 2 aromatic rings. The Hall–Kier alpha value is -1.83. The van der Waals surface area contributed by atoms with Crippen LogP contribution in [-0.4, -0.2) is 5.78 Å². The van der Waals surface area contributed by atoms with E-state index in [1.165, 1.54) is 0 Å². The maximum absolute atomic E-state index is 12.0. The smallest absolute Gasteiger partial charge is 0.170 e. The van der Waals surface area contributed by atoms with Crippen molar-refractivity contribution >= 4 is 5.78 Å². The summed E-state index contributed by atoms with van der Waals surface area (Å²) in [6.07, 6.45) is 2.77. The number of hydrogen-bond donors (Lipinski definition) is 0. The van der Waals surface area contributed by atoms with Crippen LogP contribution in [0.3, 0.4) is 0 Å². The zero-order valence-electron chi connectivity index (χ0n) is 9.27. The van der Waals surface area contributed by atoms with Gasteiger partial charge in [-0.25, -0.2) is 0 Å². The van der Waals surface area contributed by atoms with Gasteiger partial charge in [-0.1, -0.05) is 37.3 Å². The third-order valence-corrected chi connectivity index (χ3v) is 2.57. The van der Waals surface area contributed by atoms with Crippen LogP contribution in [0.1, 0.15) is 28.6 Å². The van der Waals surface area contributed by atoms with Gasteiger partial charge in [-0.2, -0.15) is 0 Å². The highest BCUT2D eigenvalue weighted by molar-refractivity contribution is 5.98. The first-order chi connectivity index (χ1) is 7.81. The molecule has 0 N–H and O–H groups in total. The number of Topliss-reactive ketones (excluding diaryl/α,β-unsaturated/α-hetero) is 1. The van der Waals surface area contributed by atoms with Crippen molar-refractivity contribution < 1.29 is 9.21 Å². The molecular weight excluding hydrogens is 200 g/mol. The molecule has 2 nitrogen and oxygen atoms in total. The van der Waals surface area contributed by atoms with Crippen LogP contribution >= 0.6 is 0 Å². The summed E-state index contributed by atoms with van der Waals surface area (Å²) in [4.78, 5) is 12.0. The Morgan fingerprint density at radius 2 is 1.94 bits per heavy atom. The van der Waals surface area contributed by atoms with E-state index in [0.29, 0.717) is 12.0 Å². The van der Waals surface area contributed by atoms with Gasteiger partial charge in [0.15, 0.2) is 5.78 Å². The average Bonchev–Trinajstić information content (AvgIpc) is 2.78. The fourth-order valence-corrected chi connectivity index (χ4v) is 1.74. The summed E-state index contributed by atoms with van der Waals surface area (Å²) in [5, 5.41) is 0. The minimum Gasteiger partial charge on any atom is -0.469 e. The van der Waals surface area contributed by atoms with Gasteiger partial charge in [0, 0.05) is 12.8 Å². The highest BCUT2D eigenvalue weighted by Gasteiger charge is 2.13. The SMILES string of the molecule is CCc1occc1C(=O)Cc1ccccc1. The molecular formula is C14H14O2. The number of ketones is 1. The molecule has 0 aliphatic heterocycles. The van der Waals surface area contributed by atoms with Gasteiger partial charge in [0.1, 0.15) is 5.76 Å². The molecule has 0 aliphatic rings. The highest BCUT2D eigenvalue weighted by atomic mass is 16.3. The van der Waals surface area contributed by atoms with Gasteiger partial charge in [-0.3, -0.25) is 4.79 Å². The second-order valence-electron chi connectivity index (χ2n) is 3.70. The molecule has 0 saturated heterocycles. The molecule has 1 aromatic carbocycles. The molecule has 0 saturated carbocycles. The molecule has 0 fully saturated rings. The number of furan rings is 1. The van der Waals surface area contributed by atoms with Crippen LogP contribution in [0, 0.1) is 0 Å². The van der Waals surface area contributed by atoms with Crippen molar-refractivity contribution in [1.82, 2.24) is 0 Å². The van der Waals surface area contributed by atoms with E-state index >= 15 is 0 Å². The lowest BCUT2D eigenvalue weighted by Crippen LogP contribution is -2.04. The summed E-state index contributed by atoms with van der Waals surface area (Å²) >= 11 is 0. The third kappa shape index (κ3) is 2.22. The first-order valence-electron chi connectivity index (χ1n) is 5.44. The lowest BCUT2D eigenvalue weighted by atomic mass is 10.0. The van der Waals surface area contributed by atoms with Gasteiger partial charge in [0.25, 0.3) is 0 Å². The standard InChI is InChI=1S/C14H14O2/c1-2-14-12(8-9-16-14)13(15)10-11-6-4-3-5-7-11/h3-9H,2,10H2,1H3. The largest absolute Gasteiger partial charge is 0.469 e. The molecule has 0 atom stereocenters. The van der Waals surface area contributed by atoms with Crippen molar-refractivity contribution in [2.45, 2.75) is 19.8 Å². The molecule has 0 bridgehead atoms. The van der Waals surface area contributed by atoms with E-state index in [4.69, 9.17) is 4.42 Å². The van der Waals surface area contributed by atoms with E-state index in [9.17, 15) is 4.79 Å². The minimum atomic E-state index is 0.122. The summed E-state index contributed by atoms with van der Waals surface area (Å²) in [6.45, 7) is 1.98. The lowest BCUT2D eigenvalue weighted by Gasteiger charge is -2.00. The molecule has 0 radical (unpaired) electrons. The summed E-state index contributed by atoms with van der Waals surface area (Å²) in [6, 6.07) is 11.5. The van der Waals surface area contributed by atoms with E-state index < -0.39 is 0 Å². The fourth-order valence-electron chi connectivity index (χ4n) is 1.74. The van der Waals surface area contributed by atoms with Crippen LogP contribution in [0.25, 0.3) is 0 Å². The van der Waals surface area contributed by atoms with Gasteiger partial charge >= 0.3 is 0 Å². The summed E-state index contributed by atoms with van der Waals surface area (Å²) in [5.41, 5.74) is 1.75. The van der Waals surface area contributed by atoms with Gasteiger partial charge in [0.2, 0.25) is 0 Å². The monoisotopic (exact) mass is 214 g/mol. The molecule has 1 aromatic heterocycles. The second kappa shape index (κ2) is 4.79. The number of carbonyl (C=O) groups is 1. The zero-order chi connectivity index (χ0) is 11.4. The Morgan fingerprint density at radius 1 is 1.19 bits per heavy atom. The molecule has 82 valence electrons. The van der Waals surface area contributed by atoms with Crippen LogP contribution < -0.4 is 0 Å². The summed E-state index contributed by atoms with van der Waals surface area (Å²) in [7, 11) is 0. The van der Waals surface area contributed by atoms with Crippen LogP contribution in [0.4, 0.5) is 0 Å². The molecule has 2 rings (SSSR count). The molecule has 0 aliphatic carbocycles. The lowest BCUT2D eigenvalue weighted by molar-refractivity contribution is 0.0991. The van der Waals surface area contributed by atoms with Crippen LogP contribution in [0.5, 0.6) is 0 Å². The molecule has 0 spiro atoms. The van der Waals surface area contributed by atoms with Crippen molar-refractivity contribution in [2.24, 2.45) is 0 Å². The maximum atomic E-state index is 12.0. The van der Waals surface area contributed by atoms with E-state index in [-0.39, 0.29) is 5.78 Å². The van der Waals surface area contributed by atoms with Gasteiger partial charge in [-0.05, 0) is 11.6 Å². The molecule has 0 amide bonds. The topological polar surface area (TPSA) is 30.2 Å². The number of benzene rings is 1. The number of hydrogen-bond acceptors (Lipinski definition) is 2. The Balaban J connectivity index is 2.15. The molecule has 16 heavy (non-hydrogen) atoms. The van der Waals surface area contributed by atoms with Crippen molar-refractivity contribution in [3.63, 3.8) is 0 Å². The molecule has 2 heteroatoms. The molecule has 0 unspecified atom stereocenters. The van der Waals surface area contributed by atoms with Gasteiger partial charge in [-0.15, -0.1) is 0 Å². The quantitative estimate of drug-likeness (QED) is 0.731. The van der Waals surface area contributed by atoms with E-state index in [2.05, 4.69) is 0 Å². The van der Waals surface area contributed by atoms with Crippen LogP contribution in [-0.2, 0) is 12.8 Å². The van der Waals surface area contributed by atoms with E-state index in [1.54, 1.807) is 12.3 Å². The van der Waals surface area contributed by atoms with E-state index in [0.717, 1.165) is 17.7 Å². The first kappa shape index (κ1) is 10.7. The van der Waals surface area contributed by atoms with Gasteiger partial charge < -0.3 is 4.42 Å². The second-order valence-corrected chi connectivity index (χ2v) is 3.70. The van der Waals surface area contributed by atoms with E-state index in [1.807, 2.05) is 37.3 Å². The zero-order valence-corrected chi connectivity index (χ0v) is 9.27. The van der Waals surface area contributed by atoms with Gasteiger partial charge in [0.05, 0.1) is 11.8 Å². The number of rotatable bonds is 4. The normalized spacial score (nSPS) is 10.3. The Kier molecular flexibility index (Phi) is 3.20. The maximum Gasteiger partial charge on any atom is 0.170 e. The van der Waals surface area contributed by atoms with Crippen molar-refractivity contribution in [3.05, 3.63) is 59.5 Å². The van der Waals surface area contributed by atoms with Crippen molar-refractivity contribution in [2.75, 3.05) is 0 Å². The predicted octanol–water partition coefficient (Wildman–Crippen LogP) is 3.27. The highest BCUT2D eigenvalue weighted by Crippen LogP contribution is 2.14. The Morgan fingerprint density at radius 3 is 2.62 bits per heavy atom. The Labute approximate surface area is 94.9 Å².